The highest BCUT2D eigenvalue weighted by Gasteiger charge is 2.26. The van der Waals surface area contributed by atoms with E-state index in [1.54, 1.807) is 30.6 Å². The van der Waals surface area contributed by atoms with Gasteiger partial charge >= 0.3 is 0 Å². The minimum absolute atomic E-state index is 0.0141. The predicted octanol–water partition coefficient (Wildman–Crippen LogP) is 5.46. The molecule has 0 spiro atoms. The van der Waals surface area contributed by atoms with Crippen molar-refractivity contribution in [3.63, 3.8) is 0 Å². The molecule has 0 radical (unpaired) electrons. The summed E-state index contributed by atoms with van der Waals surface area (Å²) in [5.74, 6) is -0.591. The minimum Gasteiger partial charge on any atom is -0.344 e. The monoisotopic (exact) mass is 453 g/mol. The molecular weight excluding hydrogens is 432 g/mol. The molecule has 2 aliphatic heterocycles. The summed E-state index contributed by atoms with van der Waals surface area (Å²) in [6.45, 7) is 0. The van der Waals surface area contributed by atoms with Gasteiger partial charge in [-0.25, -0.2) is 13.8 Å². The van der Waals surface area contributed by atoms with Crippen molar-refractivity contribution in [2.45, 2.75) is 37.8 Å². The number of nitriles is 2. The first-order valence-electron chi connectivity index (χ1n) is 11.1. The number of benzene rings is 2. The number of halogens is 2. The van der Waals surface area contributed by atoms with Gasteiger partial charge in [0.2, 0.25) is 0 Å². The first-order chi connectivity index (χ1) is 16.6. The van der Waals surface area contributed by atoms with Crippen molar-refractivity contribution in [1.82, 2.24) is 14.1 Å². The molecule has 2 aromatic heterocycles. The Kier molecular flexibility index (Phi) is 5.69. The van der Waals surface area contributed by atoms with Gasteiger partial charge in [0.1, 0.15) is 11.6 Å². The van der Waals surface area contributed by atoms with Crippen LogP contribution in [0.4, 0.5) is 8.78 Å². The van der Waals surface area contributed by atoms with Crippen molar-refractivity contribution in [2.24, 2.45) is 0 Å². The van der Waals surface area contributed by atoms with Gasteiger partial charge in [0.05, 0.1) is 41.7 Å². The molecule has 0 fully saturated rings. The third-order valence-corrected chi connectivity index (χ3v) is 6.61. The van der Waals surface area contributed by atoms with E-state index in [0.29, 0.717) is 22.3 Å². The molecule has 6 rings (SSSR count). The van der Waals surface area contributed by atoms with Crippen LogP contribution in [-0.2, 0) is 12.8 Å². The number of aromatic nitrogens is 3. The summed E-state index contributed by atoms with van der Waals surface area (Å²) >= 11 is 0. The van der Waals surface area contributed by atoms with Gasteiger partial charge in [-0.1, -0.05) is 12.1 Å². The van der Waals surface area contributed by atoms with Crippen molar-refractivity contribution in [1.29, 1.82) is 10.5 Å². The molecule has 0 saturated carbocycles. The van der Waals surface area contributed by atoms with E-state index in [1.807, 2.05) is 35.2 Å². The van der Waals surface area contributed by atoms with Crippen LogP contribution in [-0.4, -0.2) is 14.1 Å². The lowest BCUT2D eigenvalue weighted by atomic mass is 10.0. The summed E-state index contributed by atoms with van der Waals surface area (Å²) in [6, 6.07) is 17.4. The Morgan fingerprint density at radius 2 is 1.38 bits per heavy atom. The van der Waals surface area contributed by atoms with Gasteiger partial charge < -0.3 is 9.13 Å². The number of nitrogens with zero attached hydrogens (tertiary/aromatic N) is 5. The fourth-order valence-corrected chi connectivity index (χ4v) is 4.94. The predicted molar refractivity (Wildman–Crippen MR) is 122 cm³/mol. The van der Waals surface area contributed by atoms with Gasteiger partial charge in [0, 0.05) is 34.9 Å². The van der Waals surface area contributed by atoms with Crippen molar-refractivity contribution < 1.29 is 8.78 Å². The van der Waals surface area contributed by atoms with Crippen LogP contribution in [0.15, 0.2) is 67.3 Å². The summed E-state index contributed by atoms with van der Waals surface area (Å²) in [6.07, 6.45) is 9.28. The van der Waals surface area contributed by atoms with E-state index in [0.717, 1.165) is 31.4 Å². The number of rotatable bonds is 2. The minimum atomic E-state index is -0.310. The Morgan fingerprint density at radius 1 is 0.794 bits per heavy atom. The Hall–Kier alpha value is -4.23. The SMILES string of the molecule is N#Cc1ccc([C@@H]2CCc3cccn32)c(F)c1.N#Cc1ccc([C@H]2CCc3cncn32)c(F)c1. The Balaban J connectivity index is 0.000000142. The lowest BCUT2D eigenvalue weighted by Gasteiger charge is -2.14. The number of fused-ring (bicyclic) bond motifs is 2. The van der Waals surface area contributed by atoms with Gasteiger partial charge in [-0.15, -0.1) is 0 Å². The first-order valence-corrected chi connectivity index (χ1v) is 11.1. The Bertz CT molecular complexity index is 1330. The fraction of sp³-hybridized carbons (Fsp3) is 0.222. The second-order valence-corrected chi connectivity index (χ2v) is 8.50. The zero-order valence-electron chi connectivity index (χ0n) is 18.3. The van der Waals surface area contributed by atoms with Crippen molar-refractivity contribution in [2.75, 3.05) is 0 Å². The maximum absolute atomic E-state index is 13.9. The molecule has 4 heterocycles. The Morgan fingerprint density at radius 3 is 1.97 bits per heavy atom. The number of hydrogen-bond acceptors (Lipinski definition) is 3. The summed E-state index contributed by atoms with van der Waals surface area (Å²) in [7, 11) is 0. The number of aryl methyl sites for hydroxylation is 2. The van der Waals surface area contributed by atoms with E-state index < -0.39 is 0 Å². The van der Waals surface area contributed by atoms with Crippen molar-refractivity contribution in [3.8, 4) is 12.1 Å². The zero-order chi connectivity index (χ0) is 23.7. The molecule has 0 aliphatic carbocycles. The smallest absolute Gasteiger partial charge is 0.129 e. The van der Waals surface area contributed by atoms with Gasteiger partial charge in [-0.3, -0.25) is 0 Å². The quantitative estimate of drug-likeness (QED) is 0.404. The van der Waals surface area contributed by atoms with Crippen LogP contribution in [0.1, 0.15) is 58.6 Å². The van der Waals surface area contributed by atoms with Crippen LogP contribution in [0, 0.1) is 34.3 Å². The average Bonchev–Trinajstić information content (AvgIpc) is 3.62. The molecule has 168 valence electrons. The first kappa shape index (κ1) is 21.6. The van der Waals surface area contributed by atoms with Gasteiger partial charge in [-0.05, 0) is 62.1 Å². The van der Waals surface area contributed by atoms with E-state index in [1.165, 1.54) is 17.8 Å². The molecule has 2 aromatic carbocycles. The highest BCUT2D eigenvalue weighted by Crippen LogP contribution is 2.34. The Labute approximate surface area is 196 Å². The highest BCUT2D eigenvalue weighted by atomic mass is 19.1. The molecule has 0 amide bonds. The maximum atomic E-state index is 13.9. The maximum Gasteiger partial charge on any atom is 0.129 e. The molecule has 0 saturated heterocycles. The molecule has 0 unspecified atom stereocenters. The standard InChI is InChI=1S/C14H11FN2.C13H10FN3/c15-13-8-10(9-16)3-5-12(13)14-6-4-11-2-1-7-17(11)14;14-12-5-9(6-15)1-3-11(12)13-4-2-10-7-16-8-17(10)13/h1-3,5,7-8,14H,4,6H2;1,3,5,7-8,13H,2,4H2/t14-;13-/m01/s1. The molecule has 0 bridgehead atoms. The average molecular weight is 453 g/mol. The van der Waals surface area contributed by atoms with E-state index in [2.05, 4.69) is 15.6 Å². The van der Waals surface area contributed by atoms with Crippen LogP contribution >= 0.6 is 0 Å². The van der Waals surface area contributed by atoms with Crippen LogP contribution in [0.2, 0.25) is 0 Å². The van der Waals surface area contributed by atoms with E-state index in [4.69, 9.17) is 10.5 Å². The van der Waals surface area contributed by atoms with E-state index in [-0.39, 0.29) is 23.7 Å². The van der Waals surface area contributed by atoms with Gasteiger partial charge in [-0.2, -0.15) is 10.5 Å². The molecule has 2 atom stereocenters. The summed E-state index contributed by atoms with van der Waals surface area (Å²) in [4.78, 5) is 4.07. The molecule has 0 N–H and O–H groups in total. The molecule has 2 aliphatic rings. The van der Waals surface area contributed by atoms with Crippen molar-refractivity contribution >= 4 is 0 Å². The van der Waals surface area contributed by atoms with Crippen LogP contribution in [0.5, 0.6) is 0 Å². The second-order valence-electron chi connectivity index (χ2n) is 8.50. The molecule has 5 nitrogen and oxygen atoms in total. The lowest BCUT2D eigenvalue weighted by Crippen LogP contribution is -2.06. The third-order valence-electron chi connectivity index (χ3n) is 6.61. The third kappa shape index (κ3) is 3.86. The topological polar surface area (TPSA) is 70.3 Å². The molecule has 4 aromatic rings. The van der Waals surface area contributed by atoms with Gasteiger partial charge in [0.25, 0.3) is 0 Å². The van der Waals surface area contributed by atoms with Crippen LogP contribution in [0.25, 0.3) is 0 Å². The summed E-state index contributed by atoms with van der Waals surface area (Å²) in [5.41, 5.74) is 4.43. The largest absolute Gasteiger partial charge is 0.344 e. The zero-order valence-corrected chi connectivity index (χ0v) is 18.3. The summed E-state index contributed by atoms with van der Waals surface area (Å²) < 4.78 is 31.9. The molecule has 34 heavy (non-hydrogen) atoms. The van der Waals surface area contributed by atoms with Gasteiger partial charge in [0.15, 0.2) is 0 Å². The fourth-order valence-electron chi connectivity index (χ4n) is 4.94. The number of hydrogen-bond donors (Lipinski definition) is 0. The van der Waals surface area contributed by atoms with Crippen LogP contribution < -0.4 is 0 Å². The van der Waals surface area contributed by atoms with Crippen molar-refractivity contribution in [3.05, 3.63) is 113 Å². The van der Waals surface area contributed by atoms with Crippen LogP contribution in [0.3, 0.4) is 0 Å². The number of imidazole rings is 1. The second kappa shape index (κ2) is 8.96. The normalized spacial score (nSPS) is 17.8. The molecular formula is C27H21F2N5. The van der Waals surface area contributed by atoms with E-state index >= 15 is 0 Å². The highest BCUT2D eigenvalue weighted by molar-refractivity contribution is 5.36. The van der Waals surface area contributed by atoms with E-state index in [9.17, 15) is 8.78 Å². The summed E-state index contributed by atoms with van der Waals surface area (Å²) in [5, 5.41) is 17.4. The lowest BCUT2D eigenvalue weighted by molar-refractivity contribution is 0.545. The molecule has 7 heteroatoms.